The Labute approximate surface area is 108 Å². The molecule has 0 saturated carbocycles. The van der Waals surface area contributed by atoms with Crippen LogP contribution in [0.15, 0.2) is 12.3 Å². The number of piperidine rings is 1. The van der Waals surface area contributed by atoms with Crippen LogP contribution in [0.25, 0.3) is 0 Å². The highest BCUT2D eigenvalue weighted by molar-refractivity contribution is 6.33. The van der Waals surface area contributed by atoms with Crippen LogP contribution in [0.4, 0.5) is 5.82 Å². The van der Waals surface area contributed by atoms with Crippen LogP contribution in [-0.2, 0) is 6.54 Å². The van der Waals surface area contributed by atoms with Gasteiger partial charge in [0.25, 0.3) is 0 Å². The molecule has 1 unspecified atom stereocenters. The molecule has 2 rings (SSSR count). The minimum Gasteiger partial charge on any atom is -0.352 e. The van der Waals surface area contributed by atoms with Crippen LogP contribution in [0.1, 0.15) is 38.2 Å². The molecule has 1 saturated heterocycles. The van der Waals surface area contributed by atoms with Gasteiger partial charge in [-0.2, -0.15) is 0 Å². The van der Waals surface area contributed by atoms with Gasteiger partial charge >= 0.3 is 0 Å². The van der Waals surface area contributed by atoms with Gasteiger partial charge < -0.3 is 10.6 Å². The van der Waals surface area contributed by atoms with Crippen LogP contribution in [0.3, 0.4) is 0 Å². The summed E-state index contributed by atoms with van der Waals surface area (Å²) in [6.45, 7) is 3.78. The lowest BCUT2D eigenvalue weighted by atomic mass is 10.00. The van der Waals surface area contributed by atoms with Crippen LogP contribution < -0.4 is 10.6 Å². The molecule has 1 aliphatic rings. The van der Waals surface area contributed by atoms with Gasteiger partial charge in [0.2, 0.25) is 0 Å². The third kappa shape index (κ3) is 2.72. The van der Waals surface area contributed by atoms with Crippen LogP contribution in [0.2, 0.25) is 5.02 Å². The fourth-order valence-corrected chi connectivity index (χ4v) is 2.79. The monoisotopic (exact) mass is 253 g/mol. The summed E-state index contributed by atoms with van der Waals surface area (Å²) in [5, 5.41) is 0.730. The van der Waals surface area contributed by atoms with Gasteiger partial charge in [-0.05, 0) is 37.3 Å². The first kappa shape index (κ1) is 12.7. The molecule has 17 heavy (non-hydrogen) atoms. The molecule has 0 aliphatic carbocycles. The molecule has 1 aromatic rings. The summed E-state index contributed by atoms with van der Waals surface area (Å²) < 4.78 is 0. The van der Waals surface area contributed by atoms with Gasteiger partial charge in [-0.25, -0.2) is 4.98 Å². The van der Waals surface area contributed by atoms with Crippen molar-refractivity contribution in [2.75, 3.05) is 11.4 Å². The summed E-state index contributed by atoms with van der Waals surface area (Å²) in [5.41, 5.74) is 6.58. The van der Waals surface area contributed by atoms with Crippen LogP contribution in [-0.4, -0.2) is 17.6 Å². The van der Waals surface area contributed by atoms with Gasteiger partial charge in [-0.15, -0.1) is 0 Å². The standard InChI is InChI=1S/C13H20ClN3/c1-2-11-5-3-4-6-17(11)13-12(14)7-10(8-15)9-16-13/h7,9,11H,2-6,8,15H2,1H3. The van der Waals surface area contributed by atoms with Crippen molar-refractivity contribution >= 4 is 17.4 Å². The molecule has 2 N–H and O–H groups in total. The summed E-state index contributed by atoms with van der Waals surface area (Å²) in [5.74, 6) is 0.926. The number of anilines is 1. The molecular weight excluding hydrogens is 234 g/mol. The molecular formula is C13H20ClN3. The Morgan fingerprint density at radius 1 is 1.53 bits per heavy atom. The molecule has 0 amide bonds. The number of rotatable bonds is 3. The van der Waals surface area contributed by atoms with E-state index in [1.807, 2.05) is 12.3 Å². The fraction of sp³-hybridized carbons (Fsp3) is 0.615. The van der Waals surface area contributed by atoms with E-state index in [1.165, 1.54) is 19.3 Å². The van der Waals surface area contributed by atoms with Crippen molar-refractivity contribution in [2.24, 2.45) is 5.73 Å². The summed E-state index contributed by atoms with van der Waals surface area (Å²) >= 11 is 6.30. The Bertz CT molecular complexity index is 381. The van der Waals surface area contributed by atoms with Crippen molar-refractivity contribution in [3.63, 3.8) is 0 Å². The first-order valence-corrected chi connectivity index (χ1v) is 6.75. The Balaban J connectivity index is 2.25. The summed E-state index contributed by atoms with van der Waals surface area (Å²) in [7, 11) is 0. The van der Waals surface area contributed by atoms with E-state index in [0.29, 0.717) is 12.6 Å². The van der Waals surface area contributed by atoms with Gasteiger partial charge in [-0.3, -0.25) is 0 Å². The summed E-state index contributed by atoms with van der Waals surface area (Å²) in [4.78, 5) is 6.84. The zero-order valence-electron chi connectivity index (χ0n) is 10.3. The van der Waals surface area contributed by atoms with Gasteiger partial charge in [-0.1, -0.05) is 18.5 Å². The minimum atomic E-state index is 0.490. The van der Waals surface area contributed by atoms with Crippen molar-refractivity contribution in [3.05, 3.63) is 22.8 Å². The molecule has 1 aromatic heterocycles. The second kappa shape index (κ2) is 5.69. The van der Waals surface area contributed by atoms with E-state index >= 15 is 0 Å². The minimum absolute atomic E-state index is 0.490. The van der Waals surface area contributed by atoms with Gasteiger partial charge in [0.05, 0.1) is 5.02 Å². The predicted molar refractivity (Wildman–Crippen MR) is 72.4 cm³/mol. The highest BCUT2D eigenvalue weighted by atomic mass is 35.5. The summed E-state index contributed by atoms with van der Waals surface area (Å²) in [6, 6.07) is 2.52. The number of hydrogen-bond donors (Lipinski definition) is 1. The molecule has 1 fully saturated rings. The van der Waals surface area contributed by atoms with E-state index in [1.54, 1.807) is 0 Å². The molecule has 0 bridgehead atoms. The van der Waals surface area contributed by atoms with Crippen molar-refractivity contribution in [2.45, 2.75) is 45.2 Å². The fourth-order valence-electron chi connectivity index (χ4n) is 2.50. The van der Waals surface area contributed by atoms with Crippen molar-refractivity contribution in [1.82, 2.24) is 4.98 Å². The Kier molecular flexibility index (Phi) is 4.24. The van der Waals surface area contributed by atoms with Crippen LogP contribution in [0, 0.1) is 0 Å². The molecule has 0 spiro atoms. The normalized spacial score (nSPS) is 20.6. The molecule has 94 valence electrons. The lowest BCUT2D eigenvalue weighted by Gasteiger charge is -2.36. The third-order valence-electron chi connectivity index (χ3n) is 3.48. The lowest BCUT2D eigenvalue weighted by Crippen LogP contribution is -2.39. The molecule has 3 nitrogen and oxygen atoms in total. The molecule has 4 heteroatoms. The summed E-state index contributed by atoms with van der Waals surface area (Å²) in [6.07, 6.45) is 6.77. The Hall–Kier alpha value is -0.800. The molecule has 0 aromatic carbocycles. The van der Waals surface area contributed by atoms with E-state index < -0.39 is 0 Å². The average molecular weight is 254 g/mol. The first-order chi connectivity index (χ1) is 8.26. The Morgan fingerprint density at radius 3 is 3.00 bits per heavy atom. The zero-order valence-corrected chi connectivity index (χ0v) is 11.1. The van der Waals surface area contributed by atoms with E-state index in [2.05, 4.69) is 16.8 Å². The van der Waals surface area contributed by atoms with Crippen LogP contribution >= 0.6 is 11.6 Å². The van der Waals surface area contributed by atoms with E-state index in [0.717, 1.165) is 29.4 Å². The highest BCUT2D eigenvalue weighted by Gasteiger charge is 2.23. The third-order valence-corrected chi connectivity index (χ3v) is 3.76. The van der Waals surface area contributed by atoms with Gasteiger partial charge in [0.1, 0.15) is 5.82 Å². The number of halogens is 1. The van der Waals surface area contributed by atoms with Crippen molar-refractivity contribution in [3.8, 4) is 0 Å². The van der Waals surface area contributed by atoms with Crippen molar-refractivity contribution in [1.29, 1.82) is 0 Å². The maximum absolute atomic E-state index is 6.30. The highest BCUT2D eigenvalue weighted by Crippen LogP contribution is 2.30. The maximum Gasteiger partial charge on any atom is 0.147 e. The second-order valence-corrected chi connectivity index (χ2v) is 5.01. The Morgan fingerprint density at radius 2 is 2.35 bits per heavy atom. The van der Waals surface area contributed by atoms with Gasteiger partial charge in [0, 0.05) is 25.3 Å². The number of hydrogen-bond acceptors (Lipinski definition) is 3. The maximum atomic E-state index is 6.30. The largest absolute Gasteiger partial charge is 0.352 e. The number of nitrogens with zero attached hydrogens (tertiary/aromatic N) is 2. The number of pyridine rings is 1. The molecule has 0 radical (unpaired) electrons. The first-order valence-electron chi connectivity index (χ1n) is 6.37. The smallest absolute Gasteiger partial charge is 0.147 e. The zero-order chi connectivity index (χ0) is 12.3. The molecule has 1 atom stereocenters. The molecule has 2 heterocycles. The average Bonchev–Trinajstić information content (AvgIpc) is 2.38. The van der Waals surface area contributed by atoms with E-state index in [-0.39, 0.29) is 0 Å². The van der Waals surface area contributed by atoms with Crippen LogP contribution in [0.5, 0.6) is 0 Å². The van der Waals surface area contributed by atoms with Gasteiger partial charge in [0.15, 0.2) is 0 Å². The topological polar surface area (TPSA) is 42.2 Å². The molecule has 1 aliphatic heterocycles. The van der Waals surface area contributed by atoms with Crippen molar-refractivity contribution < 1.29 is 0 Å². The number of nitrogens with two attached hydrogens (primary N) is 1. The SMILES string of the molecule is CCC1CCCCN1c1ncc(CN)cc1Cl. The quantitative estimate of drug-likeness (QED) is 0.901. The number of aromatic nitrogens is 1. The lowest BCUT2D eigenvalue weighted by molar-refractivity contribution is 0.447. The second-order valence-electron chi connectivity index (χ2n) is 4.60. The van der Waals surface area contributed by atoms with E-state index in [4.69, 9.17) is 17.3 Å². The van der Waals surface area contributed by atoms with E-state index in [9.17, 15) is 0 Å². The predicted octanol–water partition coefficient (Wildman–Crippen LogP) is 2.96.